The molecule has 0 aliphatic heterocycles. The highest BCUT2D eigenvalue weighted by Gasteiger charge is 2.31. The van der Waals surface area contributed by atoms with E-state index < -0.39 is 11.7 Å². The Balaban J connectivity index is 1.26. The minimum Gasteiger partial charge on any atom is -0.308 e. The summed E-state index contributed by atoms with van der Waals surface area (Å²) in [6, 6.07) is 62.5. The number of rotatable bonds is 8. The molecule has 9 aromatic carbocycles. The highest BCUT2D eigenvalue weighted by Crippen LogP contribution is 2.46. The summed E-state index contributed by atoms with van der Waals surface area (Å²) >= 11 is 0. The summed E-state index contributed by atoms with van der Waals surface area (Å²) in [6.45, 7) is 17.7. The molecule has 0 bridgehead atoms. The van der Waals surface area contributed by atoms with E-state index in [9.17, 15) is 23.7 Å². The maximum Gasteiger partial charge on any atom is 0.416 e. The van der Waals surface area contributed by atoms with E-state index in [0.717, 1.165) is 61.8 Å². The lowest BCUT2D eigenvalue weighted by Crippen LogP contribution is -2.05. The van der Waals surface area contributed by atoms with Gasteiger partial charge >= 0.3 is 6.18 Å². The fraction of sp³-hybridized carbons (Fsp3) is 0.0317. The Morgan fingerprint density at radius 2 is 0.986 bits per heavy atom. The van der Waals surface area contributed by atoms with Crippen LogP contribution in [-0.4, -0.2) is 19.5 Å². The van der Waals surface area contributed by atoms with Crippen molar-refractivity contribution in [2.24, 2.45) is 0 Å². The number of hydrogen-bond acceptors (Lipinski definition) is 5. The van der Waals surface area contributed by atoms with Crippen LogP contribution >= 0.6 is 0 Å². The molecule has 0 atom stereocenters. The summed E-state index contributed by atoms with van der Waals surface area (Å²) in [5.41, 5.74) is 11.0. The van der Waals surface area contributed by atoms with Gasteiger partial charge in [0.1, 0.15) is 0 Å². The van der Waals surface area contributed by atoms with Crippen LogP contribution in [0.1, 0.15) is 22.3 Å². The molecule has 2 heterocycles. The number of aromatic nitrogens is 4. The van der Waals surface area contributed by atoms with E-state index in [0.29, 0.717) is 84.6 Å². The molecule has 0 saturated heterocycles. The van der Waals surface area contributed by atoms with Gasteiger partial charge in [0.2, 0.25) is 0 Å². The van der Waals surface area contributed by atoms with Crippen LogP contribution in [0.5, 0.6) is 0 Å². The van der Waals surface area contributed by atoms with Gasteiger partial charge in [0.25, 0.3) is 0 Å². The normalized spacial score (nSPS) is 11.2. The van der Waals surface area contributed by atoms with Crippen molar-refractivity contribution in [3.05, 3.63) is 239 Å². The topological polar surface area (TPSA) is 99.9 Å². The van der Waals surface area contributed by atoms with Gasteiger partial charge in [0, 0.05) is 49.7 Å². The summed E-state index contributed by atoms with van der Waals surface area (Å²) < 4.78 is 45.1. The van der Waals surface area contributed by atoms with Crippen molar-refractivity contribution in [2.75, 3.05) is 0 Å². The van der Waals surface area contributed by atoms with Crippen molar-refractivity contribution in [3.63, 3.8) is 0 Å². The van der Waals surface area contributed by atoms with Crippen molar-refractivity contribution >= 4 is 33.2 Å². The van der Waals surface area contributed by atoms with Gasteiger partial charge in [-0.25, -0.2) is 24.6 Å². The molecule has 0 aliphatic rings. The zero-order valence-corrected chi connectivity index (χ0v) is 39.2. The van der Waals surface area contributed by atoms with Gasteiger partial charge in [-0.2, -0.15) is 23.7 Å². The third-order valence-corrected chi connectivity index (χ3v) is 13.1. The quantitative estimate of drug-likeness (QED) is 0.141. The molecule has 11 rings (SSSR count). The molecule has 2 aromatic heterocycles. The third-order valence-electron chi connectivity index (χ3n) is 13.1. The Labute approximate surface area is 423 Å². The van der Waals surface area contributed by atoms with E-state index in [1.807, 2.05) is 140 Å². The Hall–Kier alpha value is -10.5. The fourth-order valence-corrected chi connectivity index (χ4v) is 9.44. The van der Waals surface area contributed by atoms with Gasteiger partial charge < -0.3 is 4.57 Å². The van der Waals surface area contributed by atoms with Gasteiger partial charge in [0.05, 0.1) is 47.6 Å². The molecule has 74 heavy (non-hydrogen) atoms. The number of benzene rings is 9. The molecule has 0 N–H and O–H groups in total. The maximum atomic E-state index is 14.3. The van der Waals surface area contributed by atoms with Crippen LogP contribution < -0.4 is 0 Å². The first kappa shape index (κ1) is 46.0. The monoisotopic (exact) mass is 960 g/mol. The van der Waals surface area contributed by atoms with Crippen LogP contribution in [0.25, 0.3) is 116 Å². The lowest BCUT2D eigenvalue weighted by molar-refractivity contribution is -0.137. The predicted molar refractivity (Wildman–Crippen MR) is 284 cm³/mol. The Morgan fingerprint density at radius 3 is 1.50 bits per heavy atom. The van der Waals surface area contributed by atoms with E-state index in [1.54, 1.807) is 36.4 Å². The lowest BCUT2D eigenvalue weighted by atomic mass is 9.91. The van der Waals surface area contributed by atoms with Crippen molar-refractivity contribution in [1.29, 1.82) is 10.5 Å². The minimum absolute atomic E-state index is 0.303. The summed E-state index contributed by atoms with van der Waals surface area (Å²) in [7, 11) is 0. The van der Waals surface area contributed by atoms with Crippen LogP contribution in [0, 0.1) is 42.7 Å². The maximum absolute atomic E-state index is 14.3. The summed E-state index contributed by atoms with van der Waals surface area (Å²) in [5.74, 6) is 1.22. The highest BCUT2D eigenvalue weighted by molar-refractivity contribution is 6.13. The molecule has 0 amide bonds. The Kier molecular flexibility index (Phi) is 11.6. The van der Waals surface area contributed by atoms with E-state index in [4.69, 9.17) is 28.1 Å². The van der Waals surface area contributed by atoms with Gasteiger partial charge in [-0.15, -0.1) is 0 Å². The molecule has 11 aromatic rings. The minimum atomic E-state index is -4.59. The number of nitrogens with zero attached hydrogens (tertiary/aromatic N) is 8. The number of aryl methyl sites for hydroxylation is 1. The van der Waals surface area contributed by atoms with Crippen molar-refractivity contribution in [3.8, 4) is 96.5 Å². The van der Waals surface area contributed by atoms with Crippen molar-refractivity contribution < 1.29 is 13.2 Å². The number of hydrogen-bond donors (Lipinski definition) is 0. The second-order valence-electron chi connectivity index (χ2n) is 17.6. The fourth-order valence-electron chi connectivity index (χ4n) is 9.44. The van der Waals surface area contributed by atoms with Gasteiger partial charge in [-0.3, -0.25) is 0 Å². The van der Waals surface area contributed by atoms with Crippen molar-refractivity contribution in [1.82, 2.24) is 19.5 Å². The zero-order chi connectivity index (χ0) is 51.1. The Bertz CT molecular complexity index is 4020. The molecule has 0 radical (unpaired) electrons. The molecule has 348 valence electrons. The smallest absolute Gasteiger partial charge is 0.308 e. The standard InChI is InChI=1S/C63H35F3N8/c1-38-14-17-40(18-15-38)52-34-46(62-72-60(42-10-6-4-7-11-42)71-61(73-62)43-12-8-5-9-13-43)35-53(41-19-23-48(24-20-41)63(64,65)66)59(52)74-57-28-21-44(50-27-25-49(69-2)31-47(50)37-68)32-54(57)55-33-45(22-29-58(55)74)51-26-16-39(36-67)30-56(51)70-3/h4-35H,1H3. The first-order valence-corrected chi connectivity index (χ1v) is 23.2. The number of halogens is 3. The first-order valence-electron chi connectivity index (χ1n) is 23.2. The predicted octanol–water partition coefficient (Wildman–Crippen LogP) is 16.8. The van der Waals surface area contributed by atoms with E-state index in [2.05, 4.69) is 26.4 Å². The second kappa shape index (κ2) is 18.7. The van der Waals surface area contributed by atoms with Crippen LogP contribution in [0.15, 0.2) is 194 Å². The second-order valence-corrected chi connectivity index (χ2v) is 17.6. The van der Waals surface area contributed by atoms with E-state index in [-0.39, 0.29) is 0 Å². The molecule has 0 spiro atoms. The SMILES string of the molecule is [C-]#[N+]c1ccc(-c2ccc3c(c2)c2cc(-c4ccc(C#N)cc4[N+]#[C-])ccc2n3-c2c(-c3ccc(C)cc3)cc(-c3nc(-c4ccccc4)nc(-c4ccccc4)n3)cc2-c2ccc(C(F)(F)F)cc2)c(C#N)c1. The molecule has 11 heteroatoms. The lowest BCUT2D eigenvalue weighted by Gasteiger charge is -2.21. The average molecular weight is 961 g/mol. The van der Waals surface area contributed by atoms with Gasteiger partial charge in [-0.1, -0.05) is 133 Å². The molecule has 0 aliphatic carbocycles. The molecule has 0 saturated carbocycles. The summed E-state index contributed by atoms with van der Waals surface area (Å²) in [6.07, 6.45) is -4.59. The van der Waals surface area contributed by atoms with Crippen LogP contribution in [0.3, 0.4) is 0 Å². The molecular formula is C63H35F3N8. The largest absolute Gasteiger partial charge is 0.416 e. The number of alkyl halides is 3. The van der Waals surface area contributed by atoms with Crippen molar-refractivity contribution in [2.45, 2.75) is 13.1 Å². The van der Waals surface area contributed by atoms with E-state index in [1.165, 1.54) is 12.1 Å². The van der Waals surface area contributed by atoms with Gasteiger partial charge in [0.15, 0.2) is 28.8 Å². The first-order chi connectivity index (χ1) is 36.0. The summed E-state index contributed by atoms with van der Waals surface area (Å²) in [4.78, 5) is 22.5. The number of nitriles is 2. The molecule has 0 fully saturated rings. The molecule has 8 nitrogen and oxygen atoms in total. The van der Waals surface area contributed by atoms with E-state index >= 15 is 0 Å². The molecular weight excluding hydrogens is 926 g/mol. The van der Waals surface area contributed by atoms with Crippen LogP contribution in [0.2, 0.25) is 0 Å². The third kappa shape index (κ3) is 8.43. The summed E-state index contributed by atoms with van der Waals surface area (Å²) in [5, 5.41) is 21.6. The van der Waals surface area contributed by atoms with Crippen LogP contribution in [-0.2, 0) is 6.18 Å². The highest BCUT2D eigenvalue weighted by atomic mass is 19.4. The van der Waals surface area contributed by atoms with Crippen LogP contribution in [0.4, 0.5) is 24.5 Å². The Morgan fingerprint density at radius 1 is 0.473 bits per heavy atom. The average Bonchev–Trinajstić information content (AvgIpc) is 3.77. The van der Waals surface area contributed by atoms with Gasteiger partial charge in [-0.05, 0) is 107 Å². The zero-order valence-electron chi connectivity index (χ0n) is 39.2. The molecule has 0 unspecified atom stereocenters. The number of fused-ring (bicyclic) bond motifs is 3.